The summed E-state index contributed by atoms with van der Waals surface area (Å²) in [7, 11) is 0. The van der Waals surface area contributed by atoms with Crippen LogP contribution < -0.4 is 10.6 Å². The first-order valence-corrected chi connectivity index (χ1v) is 9.16. The Morgan fingerprint density at radius 2 is 1.92 bits per heavy atom. The molecule has 144 valence electrons. The van der Waals surface area contributed by atoms with Crippen molar-refractivity contribution in [1.82, 2.24) is 10.6 Å². The molecule has 0 unspecified atom stereocenters. The van der Waals surface area contributed by atoms with E-state index in [0.717, 1.165) is 51.6 Å². The van der Waals surface area contributed by atoms with Gasteiger partial charge >= 0.3 is 0 Å². The number of ether oxygens (including phenoxy) is 1. The Balaban J connectivity index is 0.00000576. The lowest BCUT2D eigenvalue weighted by molar-refractivity contribution is 0.143. The third kappa shape index (κ3) is 10.0. The number of nitrogens with one attached hydrogen (secondary N) is 2. The Hall–Kier alpha value is -0.820. The van der Waals surface area contributed by atoms with Crippen LogP contribution in [0.4, 0.5) is 0 Å². The summed E-state index contributed by atoms with van der Waals surface area (Å²) in [6.07, 6.45) is 2.17. The molecule has 1 aromatic rings. The highest BCUT2D eigenvalue weighted by Crippen LogP contribution is 2.24. The summed E-state index contributed by atoms with van der Waals surface area (Å²) in [5.74, 6) is 0.898. The van der Waals surface area contributed by atoms with Gasteiger partial charge in [0.05, 0.1) is 6.54 Å². The molecule has 5 heteroatoms. The lowest BCUT2D eigenvalue weighted by atomic mass is 9.84. The normalized spacial score (nSPS) is 11.8. The number of aryl methyl sites for hydroxylation is 1. The molecule has 0 saturated carbocycles. The summed E-state index contributed by atoms with van der Waals surface area (Å²) in [4.78, 5) is 4.79. The third-order valence-corrected chi connectivity index (χ3v) is 3.99. The fourth-order valence-corrected chi connectivity index (χ4v) is 2.46. The number of guanidine groups is 1. The predicted octanol–water partition coefficient (Wildman–Crippen LogP) is 4.26. The largest absolute Gasteiger partial charge is 0.382 e. The Kier molecular flexibility index (Phi) is 13.0. The summed E-state index contributed by atoms with van der Waals surface area (Å²) in [6.45, 7) is 14.9. The SMILES string of the molecule is CCNC(=NCC(C)(C)c1cccc(C)c1)NCCCCOCC.I. The highest BCUT2D eigenvalue weighted by atomic mass is 127. The molecule has 0 aromatic heterocycles. The summed E-state index contributed by atoms with van der Waals surface area (Å²) in [5.41, 5.74) is 2.64. The highest BCUT2D eigenvalue weighted by molar-refractivity contribution is 14.0. The maximum atomic E-state index is 5.37. The summed E-state index contributed by atoms with van der Waals surface area (Å²) >= 11 is 0. The molecule has 25 heavy (non-hydrogen) atoms. The van der Waals surface area contributed by atoms with Gasteiger partial charge in [-0.05, 0) is 39.2 Å². The quantitative estimate of drug-likeness (QED) is 0.237. The van der Waals surface area contributed by atoms with Crippen LogP contribution in [0.25, 0.3) is 0 Å². The molecule has 1 rings (SSSR count). The predicted molar refractivity (Wildman–Crippen MR) is 119 cm³/mol. The van der Waals surface area contributed by atoms with Crippen LogP contribution in [0.3, 0.4) is 0 Å². The standard InChI is InChI=1S/C20H35N3O.HI/c1-6-21-19(22-13-8-9-14-24-7-2)23-16-20(4,5)18-12-10-11-17(3)15-18;/h10-12,15H,6-9,13-14,16H2,1-5H3,(H2,21,22,23);1H. The second-order valence-corrected chi connectivity index (χ2v) is 6.78. The number of hydrogen-bond acceptors (Lipinski definition) is 2. The molecule has 0 bridgehead atoms. The van der Waals surface area contributed by atoms with Crippen LogP contribution in [-0.4, -0.2) is 38.8 Å². The zero-order chi connectivity index (χ0) is 17.8. The van der Waals surface area contributed by atoms with E-state index >= 15 is 0 Å². The van der Waals surface area contributed by atoms with Crippen LogP contribution in [0.5, 0.6) is 0 Å². The fraction of sp³-hybridized carbons (Fsp3) is 0.650. The zero-order valence-corrected chi connectivity index (χ0v) is 18.9. The monoisotopic (exact) mass is 461 g/mol. The van der Waals surface area contributed by atoms with Crippen molar-refractivity contribution in [3.05, 3.63) is 35.4 Å². The number of nitrogens with zero attached hydrogens (tertiary/aromatic N) is 1. The minimum absolute atomic E-state index is 0. The lowest BCUT2D eigenvalue weighted by Crippen LogP contribution is -2.39. The van der Waals surface area contributed by atoms with Crippen LogP contribution >= 0.6 is 24.0 Å². The van der Waals surface area contributed by atoms with Crippen molar-refractivity contribution in [2.24, 2.45) is 4.99 Å². The minimum atomic E-state index is 0. The minimum Gasteiger partial charge on any atom is -0.382 e. The molecule has 0 aliphatic rings. The van der Waals surface area contributed by atoms with E-state index in [-0.39, 0.29) is 29.4 Å². The van der Waals surface area contributed by atoms with E-state index in [2.05, 4.69) is 62.6 Å². The summed E-state index contributed by atoms with van der Waals surface area (Å²) < 4.78 is 5.37. The van der Waals surface area contributed by atoms with Crippen molar-refractivity contribution >= 4 is 29.9 Å². The van der Waals surface area contributed by atoms with Gasteiger partial charge in [-0.2, -0.15) is 0 Å². The maximum Gasteiger partial charge on any atom is 0.191 e. The average Bonchev–Trinajstić information content (AvgIpc) is 2.55. The van der Waals surface area contributed by atoms with Crippen molar-refractivity contribution in [2.75, 3.05) is 32.8 Å². The lowest BCUT2D eigenvalue weighted by Gasteiger charge is -2.24. The first-order chi connectivity index (χ1) is 11.5. The van der Waals surface area contributed by atoms with Crippen molar-refractivity contribution in [1.29, 1.82) is 0 Å². The molecule has 0 saturated heterocycles. The summed E-state index contributed by atoms with van der Waals surface area (Å²) in [5, 5.41) is 6.74. The maximum absolute atomic E-state index is 5.37. The number of aliphatic imine (C=N–C) groups is 1. The zero-order valence-electron chi connectivity index (χ0n) is 16.5. The van der Waals surface area contributed by atoms with Crippen molar-refractivity contribution in [2.45, 2.75) is 52.9 Å². The number of benzene rings is 1. The van der Waals surface area contributed by atoms with E-state index in [1.165, 1.54) is 11.1 Å². The van der Waals surface area contributed by atoms with Crippen molar-refractivity contribution in [3.8, 4) is 0 Å². The molecule has 0 amide bonds. The van der Waals surface area contributed by atoms with E-state index in [4.69, 9.17) is 9.73 Å². The Bertz CT molecular complexity index is 503. The van der Waals surface area contributed by atoms with Crippen LogP contribution in [0.15, 0.2) is 29.3 Å². The smallest absolute Gasteiger partial charge is 0.191 e. The van der Waals surface area contributed by atoms with E-state index in [1.807, 2.05) is 6.92 Å². The molecule has 0 fully saturated rings. The van der Waals surface area contributed by atoms with Gasteiger partial charge in [0.1, 0.15) is 0 Å². The van der Waals surface area contributed by atoms with Crippen molar-refractivity contribution < 1.29 is 4.74 Å². The Morgan fingerprint density at radius 1 is 1.16 bits per heavy atom. The van der Waals surface area contributed by atoms with E-state index < -0.39 is 0 Å². The van der Waals surface area contributed by atoms with Gasteiger partial charge in [0.2, 0.25) is 0 Å². The second-order valence-electron chi connectivity index (χ2n) is 6.78. The molecule has 1 aromatic carbocycles. The molecule has 0 radical (unpaired) electrons. The number of halogens is 1. The average molecular weight is 461 g/mol. The molecular formula is C20H36IN3O. The van der Waals surface area contributed by atoms with Gasteiger partial charge < -0.3 is 15.4 Å². The van der Waals surface area contributed by atoms with Gasteiger partial charge in [0.25, 0.3) is 0 Å². The fourth-order valence-electron chi connectivity index (χ4n) is 2.46. The topological polar surface area (TPSA) is 45.7 Å². The Morgan fingerprint density at radius 3 is 2.56 bits per heavy atom. The van der Waals surface area contributed by atoms with Crippen LogP contribution in [0.1, 0.15) is 51.7 Å². The molecule has 0 atom stereocenters. The molecule has 0 aliphatic carbocycles. The van der Waals surface area contributed by atoms with E-state index in [0.29, 0.717) is 0 Å². The van der Waals surface area contributed by atoms with Gasteiger partial charge in [0, 0.05) is 31.7 Å². The third-order valence-electron chi connectivity index (χ3n) is 3.99. The van der Waals surface area contributed by atoms with Gasteiger partial charge in [-0.25, -0.2) is 0 Å². The molecule has 0 heterocycles. The van der Waals surface area contributed by atoms with E-state index in [9.17, 15) is 0 Å². The van der Waals surface area contributed by atoms with Gasteiger partial charge in [-0.15, -0.1) is 24.0 Å². The van der Waals surface area contributed by atoms with Gasteiger partial charge in [0.15, 0.2) is 5.96 Å². The van der Waals surface area contributed by atoms with E-state index in [1.54, 1.807) is 0 Å². The second kappa shape index (κ2) is 13.4. The molecule has 0 spiro atoms. The summed E-state index contributed by atoms with van der Waals surface area (Å²) in [6, 6.07) is 8.70. The molecule has 4 nitrogen and oxygen atoms in total. The number of rotatable bonds is 10. The van der Waals surface area contributed by atoms with Crippen molar-refractivity contribution in [3.63, 3.8) is 0 Å². The Labute approximate surface area is 171 Å². The van der Waals surface area contributed by atoms with Crippen LogP contribution in [0.2, 0.25) is 0 Å². The first-order valence-electron chi connectivity index (χ1n) is 9.16. The van der Waals surface area contributed by atoms with Crippen LogP contribution in [-0.2, 0) is 10.2 Å². The molecule has 0 aliphatic heterocycles. The molecule has 2 N–H and O–H groups in total. The van der Waals surface area contributed by atoms with Gasteiger partial charge in [-0.3, -0.25) is 4.99 Å². The van der Waals surface area contributed by atoms with Gasteiger partial charge in [-0.1, -0.05) is 43.7 Å². The van der Waals surface area contributed by atoms with Crippen LogP contribution in [0, 0.1) is 6.92 Å². The number of unbranched alkanes of at least 4 members (excludes halogenated alkanes) is 1. The molecular weight excluding hydrogens is 425 g/mol. The highest BCUT2D eigenvalue weighted by Gasteiger charge is 2.20. The first kappa shape index (κ1) is 24.2. The number of hydrogen-bond donors (Lipinski definition) is 2.